The van der Waals surface area contributed by atoms with Gasteiger partial charge in [-0.1, -0.05) is 12.1 Å². The smallest absolute Gasteiger partial charge is 0.235 e. The van der Waals surface area contributed by atoms with Crippen LogP contribution in [-0.2, 0) is 0 Å². The molecule has 0 N–H and O–H groups in total. The molecule has 0 aliphatic heterocycles. The van der Waals surface area contributed by atoms with Gasteiger partial charge in [-0.3, -0.25) is 0 Å². The van der Waals surface area contributed by atoms with Crippen molar-refractivity contribution in [2.75, 3.05) is 0 Å². The van der Waals surface area contributed by atoms with Gasteiger partial charge in [0, 0.05) is 0 Å². The maximum absolute atomic E-state index is 13.1. The molecule has 0 amide bonds. The summed E-state index contributed by atoms with van der Waals surface area (Å²) in [4.78, 5) is 0. The molecule has 0 aliphatic rings. The number of nitriles is 1. The number of benzene rings is 1. The van der Waals surface area contributed by atoms with E-state index in [2.05, 4.69) is 0 Å². The quantitative estimate of drug-likeness (QED) is 0.736. The van der Waals surface area contributed by atoms with E-state index in [4.69, 9.17) is 5.26 Å². The van der Waals surface area contributed by atoms with Crippen molar-refractivity contribution in [3.05, 3.63) is 35.4 Å². The molecule has 92 valence electrons. The van der Waals surface area contributed by atoms with Gasteiger partial charge >= 0.3 is 12.1 Å². The summed E-state index contributed by atoms with van der Waals surface area (Å²) in [5, 5.41) is 8.42. The van der Waals surface area contributed by atoms with Crippen molar-refractivity contribution in [2.45, 2.75) is 18.3 Å². The molecule has 0 aliphatic carbocycles. The van der Waals surface area contributed by atoms with Gasteiger partial charge in [0.05, 0.1) is 11.6 Å². The van der Waals surface area contributed by atoms with Crippen LogP contribution >= 0.6 is 0 Å². The van der Waals surface area contributed by atoms with E-state index < -0.39 is 23.8 Å². The van der Waals surface area contributed by atoms with Crippen LogP contribution in [0.15, 0.2) is 24.3 Å². The maximum Gasteiger partial charge on any atom is 0.456 e. The number of hydrogen-bond acceptors (Lipinski definition) is 1. The highest BCUT2D eigenvalue weighted by atomic mass is 19.4. The number of alkyl halides is 6. The van der Waals surface area contributed by atoms with E-state index in [0.717, 1.165) is 12.1 Å². The molecule has 0 saturated carbocycles. The standard InChI is InChI=1S/C10H5F6N/c11-8(9(12,13)10(14,15)16)7-3-1-2-6(4-7)5-17/h1-4,8H. The first-order valence-electron chi connectivity index (χ1n) is 4.29. The van der Waals surface area contributed by atoms with Crippen molar-refractivity contribution >= 4 is 0 Å². The van der Waals surface area contributed by atoms with Gasteiger partial charge in [-0.15, -0.1) is 0 Å². The second kappa shape index (κ2) is 4.28. The zero-order valence-electron chi connectivity index (χ0n) is 8.10. The molecule has 0 heterocycles. The SMILES string of the molecule is N#Cc1cccc(C(F)C(F)(F)C(F)(F)F)c1. The summed E-state index contributed by atoms with van der Waals surface area (Å²) in [6.45, 7) is 0. The van der Waals surface area contributed by atoms with Crippen LogP contribution in [0.25, 0.3) is 0 Å². The van der Waals surface area contributed by atoms with Gasteiger partial charge in [0.1, 0.15) is 0 Å². The lowest BCUT2D eigenvalue weighted by Crippen LogP contribution is -2.40. The monoisotopic (exact) mass is 253 g/mol. The largest absolute Gasteiger partial charge is 0.456 e. The van der Waals surface area contributed by atoms with E-state index in [-0.39, 0.29) is 5.56 Å². The third-order valence-corrected chi connectivity index (χ3v) is 2.00. The number of nitrogens with zero attached hydrogens (tertiary/aromatic N) is 1. The highest BCUT2D eigenvalue weighted by Crippen LogP contribution is 2.46. The lowest BCUT2D eigenvalue weighted by molar-refractivity contribution is -0.305. The van der Waals surface area contributed by atoms with Crippen LogP contribution in [0.5, 0.6) is 0 Å². The minimum Gasteiger partial charge on any atom is -0.235 e. The number of halogens is 6. The molecule has 17 heavy (non-hydrogen) atoms. The highest BCUT2D eigenvalue weighted by molar-refractivity contribution is 5.34. The average molecular weight is 253 g/mol. The van der Waals surface area contributed by atoms with Crippen molar-refractivity contribution in [2.24, 2.45) is 0 Å². The Kier molecular flexibility index (Phi) is 3.36. The van der Waals surface area contributed by atoms with Crippen molar-refractivity contribution in [1.82, 2.24) is 0 Å². The second-order valence-corrected chi connectivity index (χ2v) is 3.22. The molecule has 0 fully saturated rings. The lowest BCUT2D eigenvalue weighted by atomic mass is 10.0. The summed E-state index contributed by atoms with van der Waals surface area (Å²) >= 11 is 0. The normalized spacial score (nSPS) is 14.2. The third-order valence-electron chi connectivity index (χ3n) is 2.00. The molecule has 1 rings (SSSR count). The molecule has 1 aromatic rings. The van der Waals surface area contributed by atoms with Crippen molar-refractivity contribution in [3.8, 4) is 6.07 Å². The van der Waals surface area contributed by atoms with E-state index in [1.165, 1.54) is 12.1 Å². The zero-order valence-corrected chi connectivity index (χ0v) is 8.10. The minimum absolute atomic E-state index is 0.192. The molecule has 1 unspecified atom stereocenters. The minimum atomic E-state index is -5.98. The fourth-order valence-corrected chi connectivity index (χ4v) is 1.12. The lowest BCUT2D eigenvalue weighted by Gasteiger charge is -2.23. The topological polar surface area (TPSA) is 23.8 Å². The Balaban J connectivity index is 3.13. The van der Waals surface area contributed by atoms with E-state index >= 15 is 0 Å². The zero-order chi connectivity index (χ0) is 13.3. The fourth-order valence-electron chi connectivity index (χ4n) is 1.12. The molecule has 0 aromatic heterocycles. The van der Waals surface area contributed by atoms with Crippen LogP contribution in [0, 0.1) is 11.3 Å². The van der Waals surface area contributed by atoms with Crippen molar-refractivity contribution in [3.63, 3.8) is 0 Å². The third kappa shape index (κ3) is 2.52. The molecular weight excluding hydrogens is 248 g/mol. The van der Waals surface area contributed by atoms with Gasteiger partial charge in [-0.05, 0) is 17.7 Å². The van der Waals surface area contributed by atoms with Crippen LogP contribution in [0.4, 0.5) is 26.3 Å². The average Bonchev–Trinajstić information content (AvgIpc) is 2.26. The van der Waals surface area contributed by atoms with Gasteiger partial charge in [0.25, 0.3) is 0 Å². The first-order valence-corrected chi connectivity index (χ1v) is 4.29. The Morgan fingerprint density at radius 2 is 1.71 bits per heavy atom. The molecule has 0 spiro atoms. The number of rotatable bonds is 2. The molecule has 0 saturated heterocycles. The van der Waals surface area contributed by atoms with Gasteiger partial charge < -0.3 is 0 Å². The Labute approximate surface area is 92.3 Å². The molecule has 0 bridgehead atoms. The number of hydrogen-bond donors (Lipinski definition) is 0. The van der Waals surface area contributed by atoms with E-state index in [1.807, 2.05) is 0 Å². The Morgan fingerprint density at radius 3 is 2.18 bits per heavy atom. The van der Waals surface area contributed by atoms with Crippen LogP contribution in [0.2, 0.25) is 0 Å². The van der Waals surface area contributed by atoms with Gasteiger partial charge in [0.15, 0.2) is 6.17 Å². The van der Waals surface area contributed by atoms with Crippen LogP contribution < -0.4 is 0 Å². The fraction of sp³-hybridized carbons (Fsp3) is 0.300. The van der Waals surface area contributed by atoms with E-state index in [1.54, 1.807) is 0 Å². The first kappa shape index (κ1) is 13.4. The predicted octanol–water partition coefficient (Wildman–Crippen LogP) is 3.77. The molecular formula is C10H5F6N. The Hall–Kier alpha value is -1.71. The molecule has 1 atom stereocenters. The van der Waals surface area contributed by atoms with Crippen LogP contribution in [0.3, 0.4) is 0 Å². The van der Waals surface area contributed by atoms with Crippen molar-refractivity contribution in [1.29, 1.82) is 5.26 Å². The van der Waals surface area contributed by atoms with E-state index in [0.29, 0.717) is 6.07 Å². The highest BCUT2D eigenvalue weighted by Gasteiger charge is 2.63. The molecule has 1 nitrogen and oxygen atoms in total. The summed E-state index contributed by atoms with van der Waals surface area (Å²) in [5.74, 6) is -5.49. The summed E-state index contributed by atoms with van der Waals surface area (Å²) in [6, 6.07) is 5.15. The summed E-state index contributed by atoms with van der Waals surface area (Å²) < 4.78 is 74.2. The first-order chi connectivity index (χ1) is 7.70. The Morgan fingerprint density at radius 1 is 1.12 bits per heavy atom. The maximum atomic E-state index is 13.1. The van der Waals surface area contributed by atoms with Crippen molar-refractivity contribution < 1.29 is 26.3 Å². The molecule has 1 aromatic carbocycles. The molecule has 7 heteroatoms. The predicted molar refractivity (Wildman–Crippen MR) is 46.0 cm³/mol. The Bertz CT molecular complexity index is 445. The van der Waals surface area contributed by atoms with Gasteiger partial charge in [-0.25, -0.2) is 4.39 Å². The van der Waals surface area contributed by atoms with Gasteiger partial charge in [0.2, 0.25) is 0 Å². The van der Waals surface area contributed by atoms with Crippen LogP contribution in [-0.4, -0.2) is 12.1 Å². The summed E-state index contributed by atoms with van der Waals surface area (Å²) in [7, 11) is 0. The summed E-state index contributed by atoms with van der Waals surface area (Å²) in [5.41, 5.74) is -1.07. The van der Waals surface area contributed by atoms with E-state index in [9.17, 15) is 26.3 Å². The van der Waals surface area contributed by atoms with Gasteiger partial charge in [-0.2, -0.15) is 27.2 Å². The summed E-state index contributed by atoms with van der Waals surface area (Å²) in [6.07, 6.45) is -9.51. The second-order valence-electron chi connectivity index (χ2n) is 3.22. The van der Waals surface area contributed by atoms with Crippen LogP contribution in [0.1, 0.15) is 17.3 Å². The molecule has 0 radical (unpaired) electrons.